The summed E-state index contributed by atoms with van der Waals surface area (Å²) in [6, 6.07) is -0.484. The van der Waals surface area contributed by atoms with Gasteiger partial charge in [-0.3, -0.25) is 4.79 Å². The van der Waals surface area contributed by atoms with Gasteiger partial charge >= 0.3 is 12.0 Å². The molecule has 21 heavy (non-hydrogen) atoms. The van der Waals surface area contributed by atoms with Crippen LogP contribution in [-0.4, -0.2) is 79.0 Å². The molecule has 0 aromatic rings. The zero-order valence-corrected chi connectivity index (χ0v) is 12.7. The lowest BCUT2D eigenvalue weighted by Crippen LogP contribution is -2.57. The zero-order valence-electron chi connectivity index (χ0n) is 12.7. The van der Waals surface area contributed by atoms with E-state index in [4.69, 9.17) is 14.6 Å². The molecule has 0 spiro atoms. The van der Waals surface area contributed by atoms with Crippen LogP contribution in [0.5, 0.6) is 0 Å². The van der Waals surface area contributed by atoms with E-state index in [-0.39, 0.29) is 31.2 Å². The van der Waals surface area contributed by atoms with Crippen LogP contribution in [0.4, 0.5) is 4.79 Å². The van der Waals surface area contributed by atoms with Crippen molar-refractivity contribution in [1.82, 2.24) is 9.80 Å². The lowest BCUT2D eigenvalue weighted by Gasteiger charge is -2.42. The van der Waals surface area contributed by atoms with Gasteiger partial charge < -0.3 is 24.4 Å². The number of hydrogen-bond acceptors (Lipinski definition) is 4. The van der Waals surface area contributed by atoms with Crippen molar-refractivity contribution in [2.75, 3.05) is 40.0 Å². The van der Waals surface area contributed by atoms with Crippen LogP contribution in [0.25, 0.3) is 0 Å². The molecular formula is C14H24N2O5. The predicted molar refractivity (Wildman–Crippen MR) is 75.1 cm³/mol. The van der Waals surface area contributed by atoms with Gasteiger partial charge in [0.15, 0.2) is 0 Å². The first-order valence-electron chi connectivity index (χ1n) is 7.40. The van der Waals surface area contributed by atoms with Crippen LogP contribution in [0, 0.1) is 5.92 Å². The molecular weight excluding hydrogens is 276 g/mol. The van der Waals surface area contributed by atoms with Gasteiger partial charge in [-0.15, -0.1) is 0 Å². The molecule has 3 unspecified atom stereocenters. The first-order valence-corrected chi connectivity index (χ1v) is 7.40. The van der Waals surface area contributed by atoms with Crippen molar-refractivity contribution < 1.29 is 24.2 Å². The summed E-state index contributed by atoms with van der Waals surface area (Å²) in [6.45, 7) is 4.57. The molecule has 2 aliphatic rings. The Hall–Kier alpha value is -1.34. The number of morpholine rings is 1. The summed E-state index contributed by atoms with van der Waals surface area (Å²) in [7, 11) is 1.66. The van der Waals surface area contributed by atoms with Gasteiger partial charge in [-0.2, -0.15) is 0 Å². The standard InChI is InChI=1S/C14H24N2O5/c1-10-3-4-15(8-12(10)20-2)14(19)16-5-6-21-9-11(16)7-13(17)18/h10-12H,3-9H2,1-2H3,(H,17,18). The van der Waals surface area contributed by atoms with Crippen LogP contribution in [0.3, 0.4) is 0 Å². The number of hydrogen-bond donors (Lipinski definition) is 1. The summed E-state index contributed by atoms with van der Waals surface area (Å²) in [5.74, 6) is -0.483. The quantitative estimate of drug-likeness (QED) is 0.827. The van der Waals surface area contributed by atoms with Crippen LogP contribution in [0.1, 0.15) is 19.8 Å². The molecule has 0 aromatic carbocycles. The summed E-state index contributed by atoms with van der Waals surface area (Å²) in [5.41, 5.74) is 0. The van der Waals surface area contributed by atoms with Crippen LogP contribution in [-0.2, 0) is 14.3 Å². The van der Waals surface area contributed by atoms with E-state index in [2.05, 4.69) is 6.92 Å². The van der Waals surface area contributed by atoms with E-state index in [9.17, 15) is 9.59 Å². The number of carbonyl (C=O) groups excluding carboxylic acids is 1. The Morgan fingerprint density at radius 3 is 2.81 bits per heavy atom. The first kappa shape index (κ1) is 16.0. The molecule has 0 radical (unpaired) electrons. The van der Waals surface area contributed by atoms with Gasteiger partial charge in [0.05, 0.1) is 31.8 Å². The molecule has 2 rings (SSSR count). The molecule has 0 saturated carbocycles. The van der Waals surface area contributed by atoms with Crippen molar-refractivity contribution in [3.8, 4) is 0 Å². The highest BCUT2D eigenvalue weighted by molar-refractivity contribution is 5.76. The fraction of sp³-hybridized carbons (Fsp3) is 0.857. The molecule has 0 aromatic heterocycles. The minimum absolute atomic E-state index is 0.0432. The number of piperidine rings is 1. The average Bonchev–Trinajstić information content (AvgIpc) is 2.47. The van der Waals surface area contributed by atoms with Crippen LogP contribution >= 0.6 is 0 Å². The maximum Gasteiger partial charge on any atom is 0.320 e. The van der Waals surface area contributed by atoms with Gasteiger partial charge in [-0.1, -0.05) is 6.92 Å². The van der Waals surface area contributed by atoms with E-state index in [1.54, 1.807) is 16.9 Å². The monoisotopic (exact) mass is 300 g/mol. The lowest BCUT2D eigenvalue weighted by atomic mass is 9.96. The Morgan fingerprint density at radius 1 is 1.38 bits per heavy atom. The maximum atomic E-state index is 12.7. The highest BCUT2D eigenvalue weighted by Crippen LogP contribution is 2.22. The van der Waals surface area contributed by atoms with Crippen LogP contribution < -0.4 is 0 Å². The fourth-order valence-electron chi connectivity index (χ4n) is 2.97. The predicted octanol–water partition coefficient (Wildman–Crippen LogP) is 0.639. The lowest BCUT2D eigenvalue weighted by molar-refractivity contribution is -0.139. The Balaban J connectivity index is 2.01. The molecule has 2 saturated heterocycles. The Labute approximate surface area is 124 Å². The van der Waals surface area contributed by atoms with Crippen LogP contribution in [0.2, 0.25) is 0 Å². The molecule has 2 heterocycles. The Morgan fingerprint density at radius 2 is 2.14 bits per heavy atom. The second-order valence-electron chi connectivity index (χ2n) is 5.79. The maximum absolute atomic E-state index is 12.7. The van der Waals surface area contributed by atoms with Crippen molar-refractivity contribution in [3.63, 3.8) is 0 Å². The number of methoxy groups -OCH3 is 1. The van der Waals surface area contributed by atoms with Gasteiger partial charge in [0, 0.05) is 26.7 Å². The molecule has 2 fully saturated rings. The number of carboxylic acids is 1. The minimum Gasteiger partial charge on any atom is -0.481 e. The Kier molecular flexibility index (Phi) is 5.41. The van der Waals surface area contributed by atoms with Crippen molar-refractivity contribution in [2.45, 2.75) is 31.9 Å². The summed E-state index contributed by atoms with van der Waals surface area (Å²) < 4.78 is 10.7. The van der Waals surface area contributed by atoms with E-state index in [1.165, 1.54) is 0 Å². The van der Waals surface area contributed by atoms with E-state index in [1.807, 2.05) is 0 Å². The molecule has 7 heteroatoms. The highest BCUT2D eigenvalue weighted by Gasteiger charge is 2.35. The average molecular weight is 300 g/mol. The minimum atomic E-state index is -0.912. The summed E-state index contributed by atoms with van der Waals surface area (Å²) in [4.78, 5) is 27.0. The molecule has 3 atom stereocenters. The third kappa shape index (κ3) is 3.85. The molecule has 2 aliphatic heterocycles. The third-order valence-corrected chi connectivity index (χ3v) is 4.35. The molecule has 120 valence electrons. The number of amides is 2. The van der Waals surface area contributed by atoms with Gasteiger partial charge in [0.2, 0.25) is 0 Å². The summed E-state index contributed by atoms with van der Waals surface area (Å²) in [5, 5.41) is 8.96. The second-order valence-corrected chi connectivity index (χ2v) is 5.79. The molecule has 0 bridgehead atoms. The van der Waals surface area contributed by atoms with Crippen molar-refractivity contribution in [2.24, 2.45) is 5.92 Å². The summed E-state index contributed by atoms with van der Waals surface area (Å²) >= 11 is 0. The van der Waals surface area contributed by atoms with Gasteiger partial charge in [0.25, 0.3) is 0 Å². The van der Waals surface area contributed by atoms with Crippen molar-refractivity contribution >= 4 is 12.0 Å². The first-order chi connectivity index (χ1) is 10.0. The number of rotatable bonds is 3. The zero-order chi connectivity index (χ0) is 15.4. The van der Waals surface area contributed by atoms with Crippen LogP contribution in [0.15, 0.2) is 0 Å². The number of carbonyl (C=O) groups is 2. The SMILES string of the molecule is COC1CN(C(=O)N2CCOCC2CC(=O)O)CCC1C. The third-order valence-electron chi connectivity index (χ3n) is 4.35. The van der Waals surface area contributed by atoms with E-state index in [0.29, 0.717) is 32.2 Å². The Bertz CT molecular complexity index is 390. The smallest absolute Gasteiger partial charge is 0.320 e. The van der Waals surface area contributed by atoms with E-state index >= 15 is 0 Å². The number of carboxylic acid groups (broad SMARTS) is 1. The van der Waals surface area contributed by atoms with Gasteiger partial charge in [-0.05, 0) is 12.3 Å². The van der Waals surface area contributed by atoms with Gasteiger partial charge in [-0.25, -0.2) is 4.79 Å². The van der Waals surface area contributed by atoms with Crippen molar-refractivity contribution in [3.05, 3.63) is 0 Å². The normalized spacial score (nSPS) is 30.3. The number of nitrogens with zero attached hydrogens (tertiary/aromatic N) is 2. The molecule has 1 N–H and O–H groups in total. The van der Waals surface area contributed by atoms with Gasteiger partial charge in [0.1, 0.15) is 0 Å². The number of likely N-dealkylation sites (tertiary alicyclic amines) is 1. The molecule has 2 amide bonds. The van der Waals surface area contributed by atoms with E-state index < -0.39 is 5.97 Å². The number of aliphatic carboxylic acids is 1. The number of urea groups is 1. The van der Waals surface area contributed by atoms with E-state index in [0.717, 1.165) is 6.42 Å². The summed E-state index contributed by atoms with van der Waals surface area (Å²) in [6.07, 6.45) is 0.865. The molecule has 0 aliphatic carbocycles. The molecule has 7 nitrogen and oxygen atoms in total. The fourth-order valence-corrected chi connectivity index (χ4v) is 2.97. The largest absolute Gasteiger partial charge is 0.481 e. The second kappa shape index (κ2) is 7.09. The van der Waals surface area contributed by atoms with Crippen molar-refractivity contribution in [1.29, 1.82) is 0 Å². The number of ether oxygens (including phenoxy) is 2. The topological polar surface area (TPSA) is 79.3 Å². The highest BCUT2D eigenvalue weighted by atomic mass is 16.5.